The smallest absolute Gasteiger partial charge is 0.309 e. The van der Waals surface area contributed by atoms with Crippen molar-refractivity contribution in [3.63, 3.8) is 0 Å². The Morgan fingerprint density at radius 2 is 2.00 bits per heavy atom. The first-order chi connectivity index (χ1) is 8.87. The summed E-state index contributed by atoms with van der Waals surface area (Å²) >= 11 is 0. The van der Waals surface area contributed by atoms with Crippen LogP contribution in [0.4, 0.5) is 5.69 Å². The number of carbonyl (C=O) groups excluding carboxylic acids is 1. The van der Waals surface area contributed by atoms with Crippen molar-refractivity contribution in [1.29, 1.82) is 0 Å². The van der Waals surface area contributed by atoms with Crippen molar-refractivity contribution in [1.82, 2.24) is 0 Å². The summed E-state index contributed by atoms with van der Waals surface area (Å²) in [5.41, 5.74) is 6.45. The molecule has 0 radical (unpaired) electrons. The molecule has 0 unspecified atom stereocenters. The molecule has 1 aromatic rings. The molecule has 0 bridgehead atoms. The molecule has 4 nitrogen and oxygen atoms in total. The molecule has 0 fully saturated rings. The summed E-state index contributed by atoms with van der Waals surface area (Å²) in [5, 5.41) is 0. The van der Waals surface area contributed by atoms with Crippen LogP contribution in [0.5, 0.6) is 5.75 Å². The van der Waals surface area contributed by atoms with Crippen molar-refractivity contribution >= 4 is 11.7 Å². The average Bonchev–Trinajstić information content (AvgIpc) is 2.27. The van der Waals surface area contributed by atoms with Gasteiger partial charge in [0.1, 0.15) is 5.75 Å². The lowest BCUT2D eigenvalue weighted by Crippen LogP contribution is -2.15. The highest BCUT2D eigenvalue weighted by atomic mass is 16.5. The minimum Gasteiger partial charge on any atom is -0.493 e. The number of rotatable bonds is 6. The van der Waals surface area contributed by atoms with Gasteiger partial charge in [0.05, 0.1) is 19.6 Å². The highest BCUT2D eigenvalue weighted by molar-refractivity contribution is 5.69. The minimum absolute atomic E-state index is 0.179. The van der Waals surface area contributed by atoms with Crippen LogP contribution in [0.25, 0.3) is 0 Å². The normalized spacial score (nSPS) is 11.1. The molecule has 0 aliphatic heterocycles. The van der Waals surface area contributed by atoms with Gasteiger partial charge in [-0.3, -0.25) is 4.79 Å². The van der Waals surface area contributed by atoms with Crippen molar-refractivity contribution in [3.05, 3.63) is 24.3 Å². The molecule has 0 aliphatic carbocycles. The predicted octanol–water partition coefficient (Wildman–Crippen LogP) is 3.02. The van der Waals surface area contributed by atoms with Gasteiger partial charge in [0.25, 0.3) is 0 Å². The lowest BCUT2D eigenvalue weighted by Gasteiger charge is -2.17. The number of ether oxygens (including phenoxy) is 2. The number of hydrogen-bond donors (Lipinski definition) is 1. The lowest BCUT2D eigenvalue weighted by atomic mass is 9.93. The van der Waals surface area contributed by atoms with Crippen LogP contribution in [0.15, 0.2) is 24.3 Å². The highest BCUT2D eigenvalue weighted by Crippen LogP contribution is 2.18. The fourth-order valence-corrected chi connectivity index (χ4v) is 1.40. The number of anilines is 1. The van der Waals surface area contributed by atoms with Crippen molar-refractivity contribution in [2.75, 3.05) is 18.9 Å². The number of hydrogen-bond acceptors (Lipinski definition) is 4. The van der Waals surface area contributed by atoms with E-state index in [4.69, 9.17) is 15.2 Å². The summed E-state index contributed by atoms with van der Waals surface area (Å²) in [6.07, 6.45) is 1.10. The third kappa shape index (κ3) is 7.34. The molecule has 1 aromatic carbocycles. The maximum Gasteiger partial charge on any atom is 0.309 e. The molecule has 0 heterocycles. The van der Waals surface area contributed by atoms with Crippen LogP contribution in [-0.2, 0) is 9.53 Å². The van der Waals surface area contributed by atoms with Crippen LogP contribution in [0, 0.1) is 5.41 Å². The summed E-state index contributed by atoms with van der Waals surface area (Å²) in [6.45, 7) is 7.11. The zero-order valence-corrected chi connectivity index (χ0v) is 11.9. The van der Waals surface area contributed by atoms with E-state index in [2.05, 4.69) is 20.8 Å². The van der Waals surface area contributed by atoms with E-state index in [9.17, 15) is 4.79 Å². The Morgan fingerprint density at radius 3 is 2.63 bits per heavy atom. The first-order valence-electron chi connectivity index (χ1n) is 6.51. The molecule has 0 aliphatic rings. The first kappa shape index (κ1) is 15.3. The van der Waals surface area contributed by atoms with Gasteiger partial charge < -0.3 is 15.2 Å². The van der Waals surface area contributed by atoms with Crippen molar-refractivity contribution in [2.24, 2.45) is 5.41 Å². The molecule has 0 atom stereocenters. The van der Waals surface area contributed by atoms with Gasteiger partial charge in [0.15, 0.2) is 0 Å². The van der Waals surface area contributed by atoms with Crippen LogP contribution >= 0.6 is 0 Å². The van der Waals surface area contributed by atoms with Gasteiger partial charge >= 0.3 is 5.97 Å². The van der Waals surface area contributed by atoms with Gasteiger partial charge in [-0.15, -0.1) is 0 Å². The van der Waals surface area contributed by atoms with Crippen LogP contribution < -0.4 is 10.5 Å². The Labute approximate surface area is 114 Å². The van der Waals surface area contributed by atoms with Gasteiger partial charge in [-0.1, -0.05) is 26.8 Å². The standard InChI is InChI=1S/C15H23NO3/c1-15(2,3)8-10-19-14(17)7-9-18-13-6-4-5-12(16)11-13/h4-6,11H,7-10,16H2,1-3H3. The summed E-state index contributed by atoms with van der Waals surface area (Å²) < 4.78 is 10.6. The topological polar surface area (TPSA) is 61.5 Å². The van der Waals surface area contributed by atoms with Gasteiger partial charge in [-0.25, -0.2) is 0 Å². The quantitative estimate of drug-likeness (QED) is 0.634. The fourth-order valence-electron chi connectivity index (χ4n) is 1.40. The van der Waals surface area contributed by atoms with E-state index in [1.807, 2.05) is 6.07 Å². The second-order valence-corrected chi connectivity index (χ2v) is 5.70. The summed E-state index contributed by atoms with van der Waals surface area (Å²) in [6, 6.07) is 7.13. The molecule has 2 N–H and O–H groups in total. The lowest BCUT2D eigenvalue weighted by molar-refractivity contribution is -0.144. The van der Waals surface area contributed by atoms with E-state index in [0.29, 0.717) is 24.7 Å². The van der Waals surface area contributed by atoms with Gasteiger partial charge in [-0.05, 0) is 24.0 Å². The Hall–Kier alpha value is -1.71. The average molecular weight is 265 g/mol. The number of nitrogen functional groups attached to an aromatic ring is 1. The Bertz CT molecular complexity index is 410. The zero-order valence-electron chi connectivity index (χ0n) is 11.9. The molecule has 0 spiro atoms. The number of esters is 1. The first-order valence-corrected chi connectivity index (χ1v) is 6.51. The summed E-state index contributed by atoms with van der Waals surface area (Å²) in [7, 11) is 0. The van der Waals surface area contributed by atoms with Crippen LogP contribution in [0.3, 0.4) is 0 Å². The van der Waals surface area contributed by atoms with Crippen molar-refractivity contribution in [2.45, 2.75) is 33.6 Å². The van der Waals surface area contributed by atoms with Gasteiger partial charge in [0, 0.05) is 11.8 Å². The molecule has 0 saturated carbocycles. The van der Waals surface area contributed by atoms with Gasteiger partial charge in [-0.2, -0.15) is 0 Å². The summed E-state index contributed by atoms with van der Waals surface area (Å²) in [5.74, 6) is 0.440. The molecule has 106 valence electrons. The highest BCUT2D eigenvalue weighted by Gasteiger charge is 2.11. The third-order valence-electron chi connectivity index (χ3n) is 2.55. The largest absolute Gasteiger partial charge is 0.493 e. The predicted molar refractivity (Wildman–Crippen MR) is 76.0 cm³/mol. The van der Waals surface area contributed by atoms with Crippen LogP contribution in [0.2, 0.25) is 0 Å². The fraction of sp³-hybridized carbons (Fsp3) is 0.533. The molecular weight excluding hydrogens is 242 g/mol. The van der Waals surface area contributed by atoms with E-state index >= 15 is 0 Å². The second kappa shape index (κ2) is 7.02. The van der Waals surface area contributed by atoms with Crippen molar-refractivity contribution < 1.29 is 14.3 Å². The Balaban J connectivity index is 2.17. The monoisotopic (exact) mass is 265 g/mol. The summed E-state index contributed by atoms with van der Waals surface area (Å²) in [4.78, 5) is 11.5. The zero-order chi connectivity index (χ0) is 14.3. The van der Waals surface area contributed by atoms with E-state index in [1.165, 1.54) is 0 Å². The maximum atomic E-state index is 11.5. The van der Waals surface area contributed by atoms with E-state index < -0.39 is 0 Å². The van der Waals surface area contributed by atoms with E-state index in [-0.39, 0.29) is 17.8 Å². The van der Waals surface area contributed by atoms with Crippen LogP contribution in [0.1, 0.15) is 33.6 Å². The number of benzene rings is 1. The van der Waals surface area contributed by atoms with Crippen molar-refractivity contribution in [3.8, 4) is 5.75 Å². The van der Waals surface area contributed by atoms with Crippen LogP contribution in [-0.4, -0.2) is 19.2 Å². The molecule has 1 rings (SSSR count). The SMILES string of the molecule is CC(C)(C)CCOC(=O)CCOc1cccc(N)c1. The molecular formula is C15H23NO3. The second-order valence-electron chi connectivity index (χ2n) is 5.70. The molecule has 0 aromatic heterocycles. The molecule has 19 heavy (non-hydrogen) atoms. The minimum atomic E-state index is -0.229. The maximum absolute atomic E-state index is 11.5. The van der Waals surface area contributed by atoms with E-state index in [0.717, 1.165) is 6.42 Å². The third-order valence-corrected chi connectivity index (χ3v) is 2.55. The number of carbonyl (C=O) groups is 1. The van der Waals surface area contributed by atoms with Gasteiger partial charge in [0.2, 0.25) is 0 Å². The Kier molecular flexibility index (Phi) is 5.67. The molecule has 0 saturated heterocycles. The van der Waals surface area contributed by atoms with E-state index in [1.54, 1.807) is 18.2 Å². The Morgan fingerprint density at radius 1 is 1.26 bits per heavy atom. The molecule has 0 amide bonds. The molecule has 4 heteroatoms. The number of nitrogens with two attached hydrogens (primary N) is 1.